The lowest BCUT2D eigenvalue weighted by Crippen LogP contribution is -2.41. The van der Waals surface area contributed by atoms with E-state index in [1.54, 1.807) is 0 Å². The summed E-state index contributed by atoms with van der Waals surface area (Å²) in [6, 6.07) is 0. The van der Waals surface area contributed by atoms with E-state index in [1.807, 2.05) is 47.1 Å². The molecule has 1 heterocycles. The minimum atomic E-state index is -0.540. The standard InChI is InChI=1S/C22H41N5O2/c1-9-20(24-21(28)29-22(5,6)7)23-17-19(18(3)4)25(8)27(10-2)16-15-26-13-11-12-14-26/h10,17-18H,2,9,11-16H2,1,3-8H3,(H,23,24,28)/b19-17+. The molecule has 1 aliphatic rings. The smallest absolute Gasteiger partial charge is 0.413 e. The molecule has 7 nitrogen and oxygen atoms in total. The van der Waals surface area contributed by atoms with Gasteiger partial charge >= 0.3 is 6.09 Å². The molecule has 0 bridgehead atoms. The Morgan fingerprint density at radius 3 is 2.41 bits per heavy atom. The van der Waals surface area contributed by atoms with Gasteiger partial charge in [0.2, 0.25) is 0 Å². The summed E-state index contributed by atoms with van der Waals surface area (Å²) in [6.07, 6.45) is 6.39. The number of carbonyl (C=O) groups is 1. The lowest BCUT2D eigenvalue weighted by molar-refractivity contribution is 0.0562. The Morgan fingerprint density at radius 2 is 1.93 bits per heavy atom. The lowest BCUT2D eigenvalue weighted by atomic mass is 10.1. The molecule has 1 aliphatic heterocycles. The van der Waals surface area contributed by atoms with Crippen LogP contribution in [0.5, 0.6) is 0 Å². The number of hydrogen-bond donors (Lipinski definition) is 1. The minimum Gasteiger partial charge on any atom is -0.444 e. The Hall–Kier alpha value is -2.02. The molecule has 166 valence electrons. The van der Waals surface area contributed by atoms with Gasteiger partial charge in [-0.05, 0) is 52.6 Å². The average molecular weight is 408 g/mol. The number of nitrogens with zero attached hydrogens (tertiary/aromatic N) is 4. The van der Waals surface area contributed by atoms with Gasteiger partial charge in [-0.25, -0.2) is 9.79 Å². The Bertz CT molecular complexity index is 587. The molecule has 7 heteroatoms. The quantitative estimate of drug-likeness (QED) is 0.352. The van der Waals surface area contributed by atoms with E-state index in [0.29, 0.717) is 12.3 Å². The first-order chi connectivity index (χ1) is 13.6. The Labute approximate surface area is 177 Å². The summed E-state index contributed by atoms with van der Waals surface area (Å²) in [6.45, 7) is 20.0. The van der Waals surface area contributed by atoms with Gasteiger partial charge in [-0.3, -0.25) is 15.3 Å². The van der Waals surface area contributed by atoms with E-state index in [0.717, 1.165) is 18.8 Å². The number of alkyl carbamates (subject to hydrolysis) is 1. The van der Waals surface area contributed by atoms with E-state index in [-0.39, 0.29) is 5.92 Å². The van der Waals surface area contributed by atoms with Gasteiger partial charge in [0.05, 0.1) is 18.4 Å². The zero-order valence-corrected chi connectivity index (χ0v) is 19.5. The Morgan fingerprint density at radius 1 is 1.31 bits per heavy atom. The van der Waals surface area contributed by atoms with E-state index in [1.165, 1.54) is 25.9 Å². The van der Waals surface area contributed by atoms with Crippen LogP contribution in [-0.4, -0.2) is 65.7 Å². The van der Waals surface area contributed by atoms with Crippen molar-refractivity contribution in [2.45, 2.75) is 66.4 Å². The number of amidine groups is 1. The molecule has 0 aliphatic carbocycles. The summed E-state index contributed by atoms with van der Waals surface area (Å²) in [5.74, 6) is 0.839. The first-order valence-corrected chi connectivity index (χ1v) is 10.7. The molecule has 1 N–H and O–H groups in total. The normalized spacial score (nSPS) is 16.1. The van der Waals surface area contributed by atoms with Crippen LogP contribution in [0.3, 0.4) is 0 Å². The van der Waals surface area contributed by atoms with Gasteiger partial charge in [0.25, 0.3) is 0 Å². The highest BCUT2D eigenvalue weighted by Gasteiger charge is 2.18. The number of allylic oxidation sites excluding steroid dienone is 1. The topological polar surface area (TPSA) is 60.4 Å². The highest BCUT2D eigenvalue weighted by molar-refractivity contribution is 5.95. The summed E-state index contributed by atoms with van der Waals surface area (Å²) >= 11 is 0. The van der Waals surface area contributed by atoms with Crippen molar-refractivity contribution in [3.8, 4) is 0 Å². The molecule has 1 fully saturated rings. The number of ether oxygens (including phenoxy) is 1. The van der Waals surface area contributed by atoms with Crippen molar-refractivity contribution in [1.29, 1.82) is 0 Å². The fraction of sp³-hybridized carbons (Fsp3) is 0.727. The molecule has 0 aromatic rings. The molecule has 1 saturated heterocycles. The number of likely N-dealkylation sites (tertiary alicyclic amines) is 1. The second-order valence-electron chi connectivity index (χ2n) is 8.68. The molecule has 0 radical (unpaired) electrons. The second-order valence-corrected chi connectivity index (χ2v) is 8.68. The number of rotatable bonds is 9. The van der Waals surface area contributed by atoms with E-state index in [9.17, 15) is 4.79 Å². The number of carbonyl (C=O) groups excluding carboxylic acids is 1. The van der Waals surface area contributed by atoms with Gasteiger partial charge in [0.15, 0.2) is 0 Å². The predicted octanol–water partition coefficient (Wildman–Crippen LogP) is 4.21. The third kappa shape index (κ3) is 9.35. The maximum absolute atomic E-state index is 12.0. The number of hydrazine groups is 1. The van der Waals surface area contributed by atoms with Gasteiger partial charge in [-0.2, -0.15) is 0 Å². The molecular weight excluding hydrogens is 366 g/mol. The highest BCUT2D eigenvalue weighted by Crippen LogP contribution is 2.17. The third-order valence-electron chi connectivity index (χ3n) is 4.74. The summed E-state index contributed by atoms with van der Waals surface area (Å²) in [4.78, 5) is 19.1. The summed E-state index contributed by atoms with van der Waals surface area (Å²) in [5.41, 5.74) is 0.505. The molecule has 0 atom stereocenters. The zero-order valence-electron chi connectivity index (χ0n) is 19.5. The van der Waals surface area contributed by atoms with Gasteiger partial charge in [-0.1, -0.05) is 27.4 Å². The number of hydrogen-bond acceptors (Lipinski definition) is 6. The van der Waals surface area contributed by atoms with Crippen LogP contribution in [0.1, 0.15) is 60.8 Å². The molecule has 0 aromatic carbocycles. The highest BCUT2D eigenvalue weighted by atomic mass is 16.6. The second kappa shape index (κ2) is 11.9. The maximum Gasteiger partial charge on any atom is 0.413 e. The van der Waals surface area contributed by atoms with Crippen LogP contribution in [0.2, 0.25) is 0 Å². The van der Waals surface area contributed by atoms with Crippen LogP contribution in [-0.2, 0) is 4.74 Å². The largest absolute Gasteiger partial charge is 0.444 e. The van der Waals surface area contributed by atoms with Crippen LogP contribution in [0, 0.1) is 5.92 Å². The summed E-state index contributed by atoms with van der Waals surface area (Å²) in [7, 11) is 2.03. The van der Waals surface area contributed by atoms with E-state index in [4.69, 9.17) is 4.74 Å². The molecule has 1 rings (SSSR count). The van der Waals surface area contributed by atoms with E-state index < -0.39 is 11.7 Å². The van der Waals surface area contributed by atoms with E-state index >= 15 is 0 Å². The van der Waals surface area contributed by atoms with Gasteiger partial charge in [0.1, 0.15) is 11.4 Å². The fourth-order valence-corrected chi connectivity index (χ4v) is 3.15. The number of aliphatic imine (C=N–C) groups is 1. The van der Waals surface area contributed by atoms with Crippen molar-refractivity contribution in [2.75, 3.05) is 33.2 Å². The molecule has 0 aromatic heterocycles. The Kier molecular flexibility index (Phi) is 10.2. The number of amides is 1. The third-order valence-corrected chi connectivity index (χ3v) is 4.74. The molecule has 1 amide bonds. The lowest BCUT2D eigenvalue weighted by Gasteiger charge is -2.36. The molecule has 0 saturated carbocycles. The van der Waals surface area contributed by atoms with Crippen LogP contribution >= 0.6 is 0 Å². The SMILES string of the molecule is C=CN(CCN1CCCC1)N(C)/C(=C/N=C(CC)NC(=O)OC(C)(C)C)C(C)C. The van der Waals surface area contributed by atoms with Crippen molar-refractivity contribution < 1.29 is 9.53 Å². The van der Waals surface area contributed by atoms with Crippen LogP contribution in [0.25, 0.3) is 0 Å². The summed E-state index contributed by atoms with van der Waals surface area (Å²) in [5, 5.41) is 6.96. The molecule has 0 unspecified atom stereocenters. The summed E-state index contributed by atoms with van der Waals surface area (Å²) < 4.78 is 5.32. The fourth-order valence-electron chi connectivity index (χ4n) is 3.15. The monoisotopic (exact) mass is 407 g/mol. The predicted molar refractivity (Wildman–Crippen MR) is 120 cm³/mol. The maximum atomic E-state index is 12.0. The van der Waals surface area contributed by atoms with Gasteiger partial charge in [0, 0.05) is 26.2 Å². The Balaban J connectivity index is 2.84. The van der Waals surface area contributed by atoms with Crippen molar-refractivity contribution in [3.63, 3.8) is 0 Å². The molecule has 0 spiro atoms. The van der Waals surface area contributed by atoms with Crippen LogP contribution < -0.4 is 5.32 Å². The van der Waals surface area contributed by atoms with Crippen molar-refractivity contribution in [3.05, 3.63) is 24.7 Å². The van der Waals surface area contributed by atoms with Gasteiger partial charge in [-0.15, -0.1) is 0 Å². The van der Waals surface area contributed by atoms with Crippen molar-refractivity contribution >= 4 is 11.9 Å². The molecular formula is C22H41N5O2. The first-order valence-electron chi connectivity index (χ1n) is 10.7. The minimum absolute atomic E-state index is 0.262. The zero-order chi connectivity index (χ0) is 22.0. The van der Waals surface area contributed by atoms with Gasteiger partial charge < -0.3 is 9.64 Å². The first kappa shape index (κ1) is 25.0. The molecule has 29 heavy (non-hydrogen) atoms. The van der Waals surface area contributed by atoms with Crippen LogP contribution in [0.4, 0.5) is 4.79 Å². The van der Waals surface area contributed by atoms with E-state index in [2.05, 4.69) is 45.7 Å². The average Bonchev–Trinajstić information content (AvgIpc) is 3.13. The van der Waals surface area contributed by atoms with Crippen molar-refractivity contribution in [2.24, 2.45) is 10.9 Å². The number of nitrogens with one attached hydrogen (secondary N) is 1. The van der Waals surface area contributed by atoms with Crippen molar-refractivity contribution in [1.82, 2.24) is 20.2 Å². The van der Waals surface area contributed by atoms with Crippen LogP contribution in [0.15, 0.2) is 29.7 Å².